The van der Waals surface area contributed by atoms with E-state index in [-0.39, 0.29) is 24.3 Å². The highest BCUT2D eigenvalue weighted by atomic mass is 16.4. The molecule has 1 aliphatic rings. The van der Waals surface area contributed by atoms with Crippen LogP contribution in [-0.2, 0) is 9.59 Å². The van der Waals surface area contributed by atoms with Gasteiger partial charge in [0.15, 0.2) is 0 Å². The molecule has 0 saturated carbocycles. The number of amides is 2. The van der Waals surface area contributed by atoms with Gasteiger partial charge in [-0.05, 0) is 36.6 Å². The Morgan fingerprint density at radius 3 is 2.36 bits per heavy atom. The molecule has 1 aromatic rings. The number of carbonyl (C=O) groups excluding carboxylic acids is 2. The van der Waals surface area contributed by atoms with Gasteiger partial charge in [-0.3, -0.25) is 14.4 Å². The Morgan fingerprint density at radius 1 is 1.18 bits per heavy atom. The van der Waals surface area contributed by atoms with Crippen LogP contribution in [0.5, 0.6) is 0 Å². The first-order valence-corrected chi connectivity index (χ1v) is 7.26. The van der Waals surface area contributed by atoms with Crippen molar-refractivity contribution in [3.8, 4) is 0 Å². The van der Waals surface area contributed by atoms with Crippen molar-refractivity contribution in [3.05, 3.63) is 29.8 Å². The molecule has 0 aliphatic carbocycles. The number of nitrogens with one attached hydrogen (secondary N) is 1. The van der Waals surface area contributed by atoms with E-state index < -0.39 is 11.9 Å². The molecule has 0 radical (unpaired) electrons. The third kappa shape index (κ3) is 3.84. The molecule has 2 atom stereocenters. The standard InChI is InChI=1S/C16H20N2O4/c1-10-7-13(16(21)22)9-18(8-10)15(20)12-3-5-14(6-4-12)17-11(2)19/h3-6,10,13H,7-9H2,1-2H3,(H,17,19)(H,21,22). The Balaban J connectivity index is 2.09. The van der Waals surface area contributed by atoms with Crippen molar-refractivity contribution >= 4 is 23.5 Å². The molecule has 6 nitrogen and oxygen atoms in total. The quantitative estimate of drug-likeness (QED) is 0.892. The molecular weight excluding hydrogens is 284 g/mol. The summed E-state index contributed by atoms with van der Waals surface area (Å²) in [5.74, 6) is -1.55. The van der Waals surface area contributed by atoms with Crippen molar-refractivity contribution < 1.29 is 19.5 Å². The van der Waals surface area contributed by atoms with E-state index in [0.29, 0.717) is 24.2 Å². The van der Waals surface area contributed by atoms with Crippen molar-refractivity contribution in [1.29, 1.82) is 0 Å². The summed E-state index contributed by atoms with van der Waals surface area (Å²) in [6.45, 7) is 4.18. The van der Waals surface area contributed by atoms with Crippen molar-refractivity contribution in [2.75, 3.05) is 18.4 Å². The zero-order chi connectivity index (χ0) is 16.3. The molecule has 22 heavy (non-hydrogen) atoms. The lowest BCUT2D eigenvalue weighted by molar-refractivity contribution is -0.143. The second-order valence-electron chi connectivity index (χ2n) is 5.84. The smallest absolute Gasteiger partial charge is 0.308 e. The van der Waals surface area contributed by atoms with E-state index in [1.807, 2.05) is 6.92 Å². The lowest BCUT2D eigenvalue weighted by atomic mass is 9.90. The average molecular weight is 304 g/mol. The van der Waals surface area contributed by atoms with Gasteiger partial charge in [0.25, 0.3) is 5.91 Å². The topological polar surface area (TPSA) is 86.7 Å². The van der Waals surface area contributed by atoms with Crippen molar-refractivity contribution in [1.82, 2.24) is 4.90 Å². The number of piperidine rings is 1. The average Bonchev–Trinajstić information content (AvgIpc) is 2.46. The molecule has 2 N–H and O–H groups in total. The molecule has 0 bridgehead atoms. The van der Waals surface area contributed by atoms with Gasteiger partial charge in [-0.2, -0.15) is 0 Å². The summed E-state index contributed by atoms with van der Waals surface area (Å²) in [7, 11) is 0. The fraction of sp³-hybridized carbons (Fsp3) is 0.438. The van der Waals surface area contributed by atoms with E-state index in [1.54, 1.807) is 29.2 Å². The molecular formula is C16H20N2O4. The van der Waals surface area contributed by atoms with Crippen LogP contribution in [0.2, 0.25) is 0 Å². The van der Waals surface area contributed by atoms with E-state index in [2.05, 4.69) is 5.32 Å². The van der Waals surface area contributed by atoms with Gasteiger partial charge in [-0.1, -0.05) is 6.92 Å². The summed E-state index contributed by atoms with van der Waals surface area (Å²) < 4.78 is 0. The van der Waals surface area contributed by atoms with Gasteiger partial charge in [0.2, 0.25) is 5.91 Å². The normalized spacial score (nSPS) is 21.3. The highest BCUT2D eigenvalue weighted by Gasteiger charge is 2.32. The van der Waals surface area contributed by atoms with E-state index in [0.717, 1.165) is 0 Å². The lowest BCUT2D eigenvalue weighted by Crippen LogP contribution is -2.45. The van der Waals surface area contributed by atoms with E-state index in [4.69, 9.17) is 5.11 Å². The lowest BCUT2D eigenvalue weighted by Gasteiger charge is -2.34. The van der Waals surface area contributed by atoms with Crippen LogP contribution in [0.3, 0.4) is 0 Å². The van der Waals surface area contributed by atoms with Crippen LogP contribution >= 0.6 is 0 Å². The molecule has 0 spiro atoms. The van der Waals surface area contributed by atoms with Crippen molar-refractivity contribution in [2.45, 2.75) is 20.3 Å². The SMILES string of the molecule is CC(=O)Nc1ccc(C(=O)N2CC(C)CC(C(=O)O)C2)cc1. The number of rotatable bonds is 3. The van der Waals surface area contributed by atoms with Crippen LogP contribution < -0.4 is 5.32 Å². The molecule has 6 heteroatoms. The zero-order valence-electron chi connectivity index (χ0n) is 12.7. The molecule has 2 unspecified atom stereocenters. The van der Waals surface area contributed by atoms with Crippen LogP contribution in [-0.4, -0.2) is 40.9 Å². The fourth-order valence-corrected chi connectivity index (χ4v) is 2.78. The Hall–Kier alpha value is -2.37. The third-order valence-corrected chi connectivity index (χ3v) is 3.75. The molecule has 118 valence electrons. The second-order valence-corrected chi connectivity index (χ2v) is 5.84. The molecule has 1 heterocycles. The monoisotopic (exact) mass is 304 g/mol. The maximum Gasteiger partial charge on any atom is 0.308 e. The van der Waals surface area contributed by atoms with Gasteiger partial charge in [-0.15, -0.1) is 0 Å². The number of carbonyl (C=O) groups is 3. The number of hydrogen-bond acceptors (Lipinski definition) is 3. The zero-order valence-corrected chi connectivity index (χ0v) is 12.7. The van der Waals surface area contributed by atoms with Crippen molar-refractivity contribution in [3.63, 3.8) is 0 Å². The first kappa shape index (κ1) is 16.0. The number of carboxylic acid groups (broad SMARTS) is 1. The minimum atomic E-state index is -0.856. The molecule has 2 amide bonds. The summed E-state index contributed by atoms with van der Waals surface area (Å²) in [5, 5.41) is 11.8. The largest absolute Gasteiger partial charge is 0.481 e. The molecule has 1 aromatic carbocycles. The van der Waals surface area contributed by atoms with E-state index >= 15 is 0 Å². The highest BCUT2D eigenvalue weighted by molar-refractivity contribution is 5.95. The molecule has 2 rings (SSSR count). The third-order valence-electron chi connectivity index (χ3n) is 3.75. The number of carboxylic acids is 1. The van der Waals surface area contributed by atoms with Crippen LogP contribution in [0.15, 0.2) is 24.3 Å². The summed E-state index contributed by atoms with van der Waals surface area (Å²) in [5.41, 5.74) is 1.12. The Labute approximate surface area is 129 Å². The fourth-order valence-electron chi connectivity index (χ4n) is 2.78. The van der Waals surface area contributed by atoms with Gasteiger partial charge in [-0.25, -0.2) is 0 Å². The summed E-state index contributed by atoms with van der Waals surface area (Å²) in [4.78, 5) is 36.2. The summed E-state index contributed by atoms with van der Waals surface area (Å²) in [6, 6.07) is 6.61. The van der Waals surface area contributed by atoms with Gasteiger partial charge in [0.05, 0.1) is 5.92 Å². The van der Waals surface area contributed by atoms with E-state index in [9.17, 15) is 14.4 Å². The number of anilines is 1. The van der Waals surface area contributed by atoms with Crippen LogP contribution in [0, 0.1) is 11.8 Å². The maximum absolute atomic E-state index is 12.5. The number of aliphatic carboxylic acids is 1. The minimum absolute atomic E-state index is 0.164. The van der Waals surface area contributed by atoms with Gasteiger partial charge >= 0.3 is 5.97 Å². The Bertz CT molecular complexity index is 582. The first-order chi connectivity index (χ1) is 10.4. The van der Waals surface area contributed by atoms with Gasteiger partial charge in [0, 0.05) is 31.3 Å². The van der Waals surface area contributed by atoms with Crippen LogP contribution in [0.25, 0.3) is 0 Å². The maximum atomic E-state index is 12.5. The number of likely N-dealkylation sites (tertiary alicyclic amines) is 1. The van der Waals surface area contributed by atoms with Crippen LogP contribution in [0.4, 0.5) is 5.69 Å². The predicted octanol–water partition coefficient (Wildman–Crippen LogP) is 1.83. The number of hydrogen-bond donors (Lipinski definition) is 2. The molecule has 0 aromatic heterocycles. The van der Waals surface area contributed by atoms with Gasteiger partial charge in [0.1, 0.15) is 0 Å². The Morgan fingerprint density at radius 2 is 1.82 bits per heavy atom. The number of nitrogens with zero attached hydrogens (tertiary/aromatic N) is 1. The molecule has 1 fully saturated rings. The van der Waals surface area contributed by atoms with Gasteiger partial charge < -0.3 is 15.3 Å². The van der Waals surface area contributed by atoms with Crippen molar-refractivity contribution in [2.24, 2.45) is 11.8 Å². The van der Waals surface area contributed by atoms with Crippen LogP contribution in [0.1, 0.15) is 30.6 Å². The Kier molecular flexibility index (Phi) is 4.80. The molecule has 1 aliphatic heterocycles. The summed E-state index contributed by atoms with van der Waals surface area (Å²) >= 11 is 0. The predicted molar refractivity (Wildman–Crippen MR) is 81.6 cm³/mol. The summed E-state index contributed by atoms with van der Waals surface area (Å²) in [6.07, 6.45) is 0.598. The first-order valence-electron chi connectivity index (χ1n) is 7.26. The molecule has 1 saturated heterocycles. The highest BCUT2D eigenvalue weighted by Crippen LogP contribution is 2.23. The number of benzene rings is 1. The minimum Gasteiger partial charge on any atom is -0.481 e. The van der Waals surface area contributed by atoms with E-state index in [1.165, 1.54) is 6.92 Å². The second kappa shape index (κ2) is 6.60.